The Balaban J connectivity index is 1.10. The van der Waals surface area contributed by atoms with Crippen molar-refractivity contribution < 1.29 is 9.52 Å². The second-order valence-electron chi connectivity index (χ2n) is 19.3. The second-order valence-corrected chi connectivity index (χ2v) is 19.3. The molecule has 7 aromatic carbocycles. The highest BCUT2D eigenvalue weighted by Gasteiger charge is 2.23. The van der Waals surface area contributed by atoms with Crippen LogP contribution in [-0.2, 0) is 10.8 Å². The smallest absolute Gasteiger partial charge is 0.143 e. The minimum atomic E-state index is -0.0602. The molecular weight excluding hydrogens is 793 g/mol. The summed E-state index contributed by atoms with van der Waals surface area (Å²) in [7, 11) is 0. The average molecular weight is 845 g/mol. The normalized spacial score (nSPS) is 12.0. The number of phenolic OH excluding ortho intramolecular Hbond substituents is 1. The highest BCUT2D eigenvalue weighted by molar-refractivity contribution is 6.13. The molecule has 0 unspecified atom stereocenters. The molecule has 4 heteroatoms. The Morgan fingerprint density at radius 1 is 0.369 bits per heavy atom. The van der Waals surface area contributed by atoms with Crippen LogP contribution in [-0.4, -0.2) is 15.1 Å². The fourth-order valence-electron chi connectivity index (χ4n) is 8.90. The Morgan fingerprint density at radius 3 is 1.48 bits per heavy atom. The van der Waals surface area contributed by atoms with E-state index in [-0.39, 0.29) is 16.6 Å². The van der Waals surface area contributed by atoms with Crippen molar-refractivity contribution in [1.29, 1.82) is 0 Å². The van der Waals surface area contributed by atoms with Gasteiger partial charge in [0.1, 0.15) is 16.9 Å². The Morgan fingerprint density at radius 2 is 0.877 bits per heavy atom. The van der Waals surface area contributed by atoms with Gasteiger partial charge in [0.25, 0.3) is 0 Å². The predicted molar refractivity (Wildman–Crippen MR) is 271 cm³/mol. The molecule has 0 saturated carbocycles. The standard InChI is InChI=1S/C61H52N2O2/c1-38-29-46(50-24-16-26-52-51-25-15-23-49(58(51)65-59(50)52)40-19-12-9-13-20-40)35-54(62-38)42-21-14-22-43(30-42)55-33-45(44-31-47(60(2,3)4)37-48(32-44)61(5,6)7)34-56(63-55)53-28-27-41(36-57(53)64)39-17-10-8-11-18-39/h8-37,64H,1-7H3. The first-order valence-electron chi connectivity index (χ1n) is 22.4. The molecule has 318 valence electrons. The molecule has 65 heavy (non-hydrogen) atoms. The summed E-state index contributed by atoms with van der Waals surface area (Å²) >= 11 is 0. The minimum Gasteiger partial charge on any atom is -0.507 e. The van der Waals surface area contributed by atoms with Gasteiger partial charge in [-0.15, -0.1) is 0 Å². The lowest BCUT2D eigenvalue weighted by atomic mass is 9.79. The van der Waals surface area contributed by atoms with E-state index in [0.29, 0.717) is 11.3 Å². The molecule has 3 heterocycles. The van der Waals surface area contributed by atoms with Crippen molar-refractivity contribution in [3.8, 4) is 84.0 Å². The van der Waals surface area contributed by atoms with Crippen molar-refractivity contribution in [3.05, 3.63) is 199 Å². The zero-order valence-electron chi connectivity index (χ0n) is 38.1. The number of rotatable bonds is 7. The number of aromatic nitrogens is 2. The Bertz CT molecular complexity index is 3370. The molecule has 0 saturated heterocycles. The van der Waals surface area contributed by atoms with Crippen molar-refractivity contribution in [2.45, 2.75) is 59.3 Å². The Kier molecular flexibility index (Phi) is 10.3. The average Bonchev–Trinajstić information content (AvgIpc) is 3.70. The third-order valence-corrected chi connectivity index (χ3v) is 12.5. The molecule has 0 radical (unpaired) electrons. The number of para-hydroxylation sites is 2. The molecule has 0 aliphatic heterocycles. The van der Waals surface area contributed by atoms with Gasteiger partial charge in [-0.2, -0.15) is 0 Å². The van der Waals surface area contributed by atoms with Crippen molar-refractivity contribution in [2.24, 2.45) is 0 Å². The molecule has 0 spiro atoms. The summed E-state index contributed by atoms with van der Waals surface area (Å²) in [5.74, 6) is 0.182. The molecule has 0 fully saturated rings. The molecule has 3 aromatic heterocycles. The fourth-order valence-corrected chi connectivity index (χ4v) is 8.90. The first kappa shape index (κ1) is 41.5. The SMILES string of the molecule is Cc1cc(-c2cccc3c2oc2c(-c4ccccc4)cccc23)cc(-c2cccc(-c3cc(-c4cc(C(C)(C)C)cc(C(C)(C)C)c4)cc(-c4ccc(-c5ccccc5)cc4O)n3)c2)n1. The summed E-state index contributed by atoms with van der Waals surface area (Å²) < 4.78 is 6.82. The van der Waals surface area contributed by atoms with Gasteiger partial charge in [0.05, 0.1) is 17.1 Å². The number of hydrogen-bond donors (Lipinski definition) is 1. The van der Waals surface area contributed by atoms with Gasteiger partial charge in [-0.1, -0.05) is 181 Å². The molecule has 10 rings (SSSR count). The summed E-state index contributed by atoms with van der Waals surface area (Å²) in [5.41, 5.74) is 18.4. The van der Waals surface area contributed by atoms with Gasteiger partial charge in [-0.05, 0) is 105 Å². The van der Waals surface area contributed by atoms with Crippen LogP contribution in [0, 0.1) is 6.92 Å². The number of benzene rings is 7. The van der Waals surface area contributed by atoms with Crippen LogP contribution in [0.5, 0.6) is 5.75 Å². The summed E-state index contributed by atoms with van der Waals surface area (Å²) in [6.07, 6.45) is 0. The molecule has 0 aliphatic rings. The van der Waals surface area contributed by atoms with Crippen LogP contribution in [0.25, 0.3) is 100 Å². The summed E-state index contributed by atoms with van der Waals surface area (Å²) in [6, 6.07) is 63.3. The predicted octanol–water partition coefficient (Wildman–Crippen LogP) is 16.7. The van der Waals surface area contributed by atoms with E-state index in [2.05, 4.69) is 187 Å². The number of furan rings is 1. The van der Waals surface area contributed by atoms with Gasteiger partial charge in [0.15, 0.2) is 0 Å². The monoisotopic (exact) mass is 844 g/mol. The second kappa shape index (κ2) is 16.2. The molecule has 10 aromatic rings. The van der Waals surface area contributed by atoms with E-state index in [9.17, 15) is 5.11 Å². The summed E-state index contributed by atoms with van der Waals surface area (Å²) in [4.78, 5) is 10.4. The quantitative estimate of drug-likeness (QED) is 0.174. The van der Waals surface area contributed by atoms with Crippen LogP contribution in [0.15, 0.2) is 186 Å². The van der Waals surface area contributed by atoms with E-state index in [1.54, 1.807) is 0 Å². The topological polar surface area (TPSA) is 59.2 Å². The van der Waals surface area contributed by atoms with E-state index < -0.39 is 0 Å². The van der Waals surface area contributed by atoms with Gasteiger partial charge < -0.3 is 9.52 Å². The van der Waals surface area contributed by atoms with Gasteiger partial charge >= 0.3 is 0 Å². The van der Waals surface area contributed by atoms with Crippen molar-refractivity contribution in [1.82, 2.24) is 9.97 Å². The maximum atomic E-state index is 11.7. The lowest BCUT2D eigenvalue weighted by Gasteiger charge is -2.26. The van der Waals surface area contributed by atoms with Crippen LogP contribution < -0.4 is 0 Å². The highest BCUT2D eigenvalue weighted by atomic mass is 16.3. The number of aryl methyl sites for hydroxylation is 1. The zero-order valence-corrected chi connectivity index (χ0v) is 38.1. The lowest BCUT2D eigenvalue weighted by molar-refractivity contribution is 0.477. The van der Waals surface area contributed by atoms with E-state index >= 15 is 0 Å². The van der Waals surface area contributed by atoms with Crippen LogP contribution in [0.1, 0.15) is 58.4 Å². The number of fused-ring (bicyclic) bond motifs is 3. The number of phenols is 1. The molecule has 0 amide bonds. The zero-order chi connectivity index (χ0) is 45.0. The molecule has 4 nitrogen and oxygen atoms in total. The van der Waals surface area contributed by atoms with Crippen molar-refractivity contribution >= 4 is 21.9 Å². The third kappa shape index (κ3) is 8.13. The van der Waals surface area contributed by atoms with E-state index in [1.165, 1.54) is 11.1 Å². The van der Waals surface area contributed by atoms with E-state index in [0.717, 1.165) is 94.7 Å². The first-order valence-corrected chi connectivity index (χ1v) is 22.4. The molecule has 0 aliphatic carbocycles. The Labute approximate surface area is 382 Å². The molecule has 1 N–H and O–H groups in total. The Hall–Kier alpha value is -7.56. The molecule has 0 bridgehead atoms. The fraction of sp³-hybridized carbons (Fsp3) is 0.148. The molecule has 0 atom stereocenters. The molecular formula is C61H52N2O2. The number of pyridine rings is 2. The number of hydrogen-bond acceptors (Lipinski definition) is 4. The largest absolute Gasteiger partial charge is 0.507 e. The van der Waals surface area contributed by atoms with E-state index in [1.807, 2.05) is 43.3 Å². The van der Waals surface area contributed by atoms with Crippen LogP contribution >= 0.6 is 0 Å². The van der Waals surface area contributed by atoms with E-state index in [4.69, 9.17) is 14.4 Å². The maximum absolute atomic E-state index is 11.7. The third-order valence-electron chi connectivity index (χ3n) is 12.5. The van der Waals surface area contributed by atoms with Crippen molar-refractivity contribution in [3.63, 3.8) is 0 Å². The van der Waals surface area contributed by atoms with Gasteiger partial charge in [0.2, 0.25) is 0 Å². The van der Waals surface area contributed by atoms with Crippen molar-refractivity contribution in [2.75, 3.05) is 0 Å². The van der Waals surface area contributed by atoms with Gasteiger partial charge in [-0.3, -0.25) is 4.98 Å². The van der Waals surface area contributed by atoms with Gasteiger partial charge in [-0.25, -0.2) is 4.98 Å². The maximum Gasteiger partial charge on any atom is 0.143 e. The summed E-state index contributed by atoms with van der Waals surface area (Å²) in [5, 5.41) is 13.9. The van der Waals surface area contributed by atoms with Gasteiger partial charge in [0, 0.05) is 44.3 Å². The number of nitrogens with zero attached hydrogens (tertiary/aromatic N) is 2. The first-order chi connectivity index (χ1) is 31.3. The minimum absolute atomic E-state index is 0.0602. The summed E-state index contributed by atoms with van der Waals surface area (Å²) in [6.45, 7) is 15.7. The number of aromatic hydroxyl groups is 1. The van der Waals surface area contributed by atoms with Crippen LogP contribution in [0.3, 0.4) is 0 Å². The van der Waals surface area contributed by atoms with Crippen LogP contribution in [0.4, 0.5) is 0 Å². The van der Waals surface area contributed by atoms with Crippen LogP contribution in [0.2, 0.25) is 0 Å². The highest BCUT2D eigenvalue weighted by Crippen LogP contribution is 2.42. The lowest BCUT2D eigenvalue weighted by Crippen LogP contribution is -2.16.